The van der Waals surface area contributed by atoms with E-state index in [2.05, 4.69) is 19.5 Å². The van der Waals surface area contributed by atoms with Gasteiger partial charge in [0.05, 0.1) is 28.6 Å². The van der Waals surface area contributed by atoms with Gasteiger partial charge in [-0.2, -0.15) is 0 Å². The summed E-state index contributed by atoms with van der Waals surface area (Å²) < 4.78 is 21.9. The van der Waals surface area contributed by atoms with Crippen molar-refractivity contribution < 1.29 is 9.13 Å². The maximum Gasteiger partial charge on any atom is 0.233 e. The Morgan fingerprint density at radius 2 is 1.89 bits per heavy atom. The number of aryl methyl sites for hydroxylation is 1. The first-order valence-corrected chi connectivity index (χ1v) is 11.6. The van der Waals surface area contributed by atoms with Crippen LogP contribution in [0.3, 0.4) is 0 Å². The minimum absolute atomic E-state index is 0.0257. The fraction of sp³-hybridized carbons (Fsp3) is 0.154. The first-order chi connectivity index (χ1) is 17.1. The molecule has 0 amide bonds. The SMILES string of the molecule is Nc1nccc(-c2c(-c3ccc(F)cc3)nc3n2[C@H](COc2nc4ccccc4cc2Cl)CC3)n1. The number of nitrogens with two attached hydrogens (primary N) is 1. The summed E-state index contributed by atoms with van der Waals surface area (Å²) in [5.41, 5.74) is 9.66. The minimum atomic E-state index is -0.306. The van der Waals surface area contributed by atoms with E-state index in [1.807, 2.05) is 30.3 Å². The highest BCUT2D eigenvalue weighted by atomic mass is 35.5. The van der Waals surface area contributed by atoms with E-state index in [1.54, 1.807) is 24.4 Å². The van der Waals surface area contributed by atoms with Crippen molar-refractivity contribution in [1.82, 2.24) is 24.5 Å². The molecule has 1 aliphatic rings. The number of benzene rings is 2. The van der Waals surface area contributed by atoms with Gasteiger partial charge >= 0.3 is 0 Å². The molecule has 0 unspecified atom stereocenters. The van der Waals surface area contributed by atoms with Crippen molar-refractivity contribution >= 4 is 28.5 Å². The number of hydrogen-bond acceptors (Lipinski definition) is 6. The topological polar surface area (TPSA) is 91.7 Å². The molecule has 0 spiro atoms. The van der Waals surface area contributed by atoms with Crippen molar-refractivity contribution in [1.29, 1.82) is 0 Å². The molecule has 4 heterocycles. The number of rotatable bonds is 5. The largest absolute Gasteiger partial charge is 0.474 e. The quantitative estimate of drug-likeness (QED) is 0.353. The number of nitrogen functional groups attached to an aromatic ring is 1. The zero-order chi connectivity index (χ0) is 23.9. The molecule has 9 heteroatoms. The Morgan fingerprint density at radius 3 is 2.71 bits per heavy atom. The second-order valence-electron chi connectivity index (χ2n) is 8.37. The lowest BCUT2D eigenvalue weighted by molar-refractivity contribution is 0.248. The summed E-state index contributed by atoms with van der Waals surface area (Å²) >= 11 is 6.46. The number of nitrogens with zero attached hydrogens (tertiary/aromatic N) is 5. The van der Waals surface area contributed by atoms with Crippen LogP contribution in [0.4, 0.5) is 10.3 Å². The number of fused-ring (bicyclic) bond motifs is 2. The van der Waals surface area contributed by atoms with Gasteiger partial charge in [0.15, 0.2) is 0 Å². The third kappa shape index (κ3) is 3.95. The van der Waals surface area contributed by atoms with Crippen LogP contribution in [0.5, 0.6) is 5.88 Å². The first kappa shape index (κ1) is 21.5. The Balaban J connectivity index is 1.39. The standard InChI is InChI=1S/C26H20ClFN6O/c27-19-13-16-3-1-2-4-20(16)31-25(19)35-14-18-9-10-22-33-23(15-5-7-17(28)8-6-15)24(34(18)22)21-11-12-30-26(29)32-21/h1-8,11-13,18H,9-10,14H2,(H2,29,30,32)/t18-/m0/s1. The highest BCUT2D eigenvalue weighted by molar-refractivity contribution is 6.32. The maximum absolute atomic E-state index is 13.6. The molecule has 0 saturated carbocycles. The summed E-state index contributed by atoms with van der Waals surface area (Å²) in [6.45, 7) is 0.352. The van der Waals surface area contributed by atoms with Crippen LogP contribution in [0.25, 0.3) is 33.5 Å². The molecule has 6 rings (SSSR count). The lowest BCUT2D eigenvalue weighted by Crippen LogP contribution is -2.16. The van der Waals surface area contributed by atoms with Crippen LogP contribution in [0.1, 0.15) is 18.3 Å². The molecule has 3 aromatic heterocycles. The van der Waals surface area contributed by atoms with Crippen molar-refractivity contribution in [3.05, 3.63) is 83.5 Å². The summed E-state index contributed by atoms with van der Waals surface area (Å²) in [4.78, 5) is 18.0. The van der Waals surface area contributed by atoms with Gasteiger partial charge in [-0.15, -0.1) is 0 Å². The Kier molecular flexibility index (Phi) is 5.30. The van der Waals surface area contributed by atoms with E-state index in [0.717, 1.165) is 40.8 Å². The van der Waals surface area contributed by atoms with Crippen LogP contribution in [0.15, 0.2) is 66.9 Å². The maximum atomic E-state index is 13.6. The molecule has 0 saturated heterocycles. The third-order valence-electron chi connectivity index (χ3n) is 6.14. The molecule has 35 heavy (non-hydrogen) atoms. The predicted octanol–water partition coefficient (Wildman–Crippen LogP) is 5.50. The number of anilines is 1. The summed E-state index contributed by atoms with van der Waals surface area (Å²) in [5.74, 6) is 1.16. The summed E-state index contributed by atoms with van der Waals surface area (Å²) in [5, 5.41) is 1.42. The van der Waals surface area contributed by atoms with Gasteiger partial charge in [0, 0.05) is 23.6 Å². The molecule has 2 aromatic carbocycles. The van der Waals surface area contributed by atoms with Gasteiger partial charge in [0.25, 0.3) is 0 Å². The number of halogens is 2. The average Bonchev–Trinajstić information content (AvgIpc) is 3.43. The number of aromatic nitrogens is 5. The molecular formula is C26H20ClFN6O. The summed E-state index contributed by atoms with van der Waals surface area (Å²) in [6, 6.07) is 17.7. The number of ether oxygens (including phenoxy) is 1. The van der Waals surface area contributed by atoms with Crippen LogP contribution in [0.2, 0.25) is 5.02 Å². The van der Waals surface area contributed by atoms with E-state index in [4.69, 9.17) is 27.1 Å². The zero-order valence-electron chi connectivity index (χ0n) is 18.5. The van der Waals surface area contributed by atoms with Gasteiger partial charge in [-0.3, -0.25) is 0 Å². The van der Waals surface area contributed by atoms with Gasteiger partial charge in [-0.05, 0) is 48.9 Å². The van der Waals surface area contributed by atoms with Crippen molar-refractivity contribution in [2.24, 2.45) is 0 Å². The molecular weight excluding hydrogens is 467 g/mol. The lowest BCUT2D eigenvalue weighted by Gasteiger charge is -2.18. The molecule has 0 aliphatic carbocycles. The van der Waals surface area contributed by atoms with Crippen LogP contribution >= 0.6 is 11.6 Å². The molecule has 174 valence electrons. The minimum Gasteiger partial charge on any atom is -0.474 e. The molecule has 0 fully saturated rings. The van der Waals surface area contributed by atoms with Gasteiger partial charge < -0.3 is 15.0 Å². The molecule has 1 atom stereocenters. The Morgan fingerprint density at radius 1 is 1.06 bits per heavy atom. The monoisotopic (exact) mass is 486 g/mol. The fourth-order valence-electron chi connectivity index (χ4n) is 4.54. The third-order valence-corrected chi connectivity index (χ3v) is 6.41. The van der Waals surface area contributed by atoms with E-state index in [0.29, 0.717) is 28.9 Å². The fourth-order valence-corrected chi connectivity index (χ4v) is 4.75. The molecule has 1 aliphatic heterocycles. The molecule has 0 bridgehead atoms. The second kappa shape index (κ2) is 8.63. The molecule has 5 aromatic rings. The normalized spacial score (nSPS) is 14.9. The van der Waals surface area contributed by atoms with Crippen molar-refractivity contribution in [2.45, 2.75) is 18.9 Å². The predicted molar refractivity (Wildman–Crippen MR) is 133 cm³/mol. The van der Waals surface area contributed by atoms with E-state index < -0.39 is 0 Å². The van der Waals surface area contributed by atoms with E-state index in [1.165, 1.54) is 12.1 Å². The van der Waals surface area contributed by atoms with Crippen molar-refractivity contribution in [3.63, 3.8) is 0 Å². The van der Waals surface area contributed by atoms with Gasteiger partial charge in [0.1, 0.15) is 23.3 Å². The zero-order valence-corrected chi connectivity index (χ0v) is 19.3. The van der Waals surface area contributed by atoms with Crippen molar-refractivity contribution in [2.75, 3.05) is 12.3 Å². The highest BCUT2D eigenvalue weighted by Crippen LogP contribution is 2.39. The van der Waals surface area contributed by atoms with Crippen LogP contribution in [-0.4, -0.2) is 31.1 Å². The molecule has 7 nitrogen and oxygen atoms in total. The van der Waals surface area contributed by atoms with E-state index >= 15 is 0 Å². The second-order valence-corrected chi connectivity index (χ2v) is 8.78. The Bertz CT molecular complexity index is 1550. The van der Waals surface area contributed by atoms with E-state index in [9.17, 15) is 4.39 Å². The highest BCUT2D eigenvalue weighted by Gasteiger charge is 2.31. The smallest absolute Gasteiger partial charge is 0.233 e. The van der Waals surface area contributed by atoms with Crippen LogP contribution in [-0.2, 0) is 6.42 Å². The number of pyridine rings is 1. The van der Waals surface area contributed by atoms with Crippen molar-refractivity contribution in [3.8, 4) is 28.5 Å². The first-order valence-electron chi connectivity index (χ1n) is 11.2. The average molecular weight is 487 g/mol. The van der Waals surface area contributed by atoms with Gasteiger partial charge in [-0.1, -0.05) is 29.8 Å². The summed E-state index contributed by atoms with van der Waals surface area (Å²) in [7, 11) is 0. The van der Waals surface area contributed by atoms with Crippen LogP contribution < -0.4 is 10.5 Å². The van der Waals surface area contributed by atoms with Gasteiger partial charge in [-0.25, -0.2) is 24.3 Å². The lowest BCUT2D eigenvalue weighted by atomic mass is 10.1. The molecule has 2 N–H and O–H groups in total. The van der Waals surface area contributed by atoms with Gasteiger partial charge in [0.2, 0.25) is 11.8 Å². The van der Waals surface area contributed by atoms with E-state index in [-0.39, 0.29) is 17.8 Å². The van der Waals surface area contributed by atoms with Crippen LogP contribution in [0, 0.1) is 5.82 Å². The Labute approximate surface area is 205 Å². The number of imidazole rings is 1. The Hall–Kier alpha value is -4.04. The number of para-hydroxylation sites is 1. The summed E-state index contributed by atoms with van der Waals surface area (Å²) in [6.07, 6.45) is 3.22. The number of hydrogen-bond donors (Lipinski definition) is 1. The molecule has 0 radical (unpaired) electrons.